The van der Waals surface area contributed by atoms with E-state index in [4.69, 9.17) is 4.52 Å². The van der Waals surface area contributed by atoms with Crippen molar-refractivity contribution in [2.45, 2.75) is 26.8 Å². The van der Waals surface area contributed by atoms with Crippen molar-refractivity contribution in [1.82, 2.24) is 15.5 Å². The third kappa shape index (κ3) is 2.74. The van der Waals surface area contributed by atoms with Crippen LogP contribution >= 0.6 is 0 Å². The lowest BCUT2D eigenvalue weighted by Gasteiger charge is -2.05. The molecule has 0 saturated carbocycles. The normalized spacial score (nSPS) is 12.2. The summed E-state index contributed by atoms with van der Waals surface area (Å²) < 4.78 is 5.14. The Morgan fingerprint density at radius 3 is 2.61 bits per heavy atom. The summed E-state index contributed by atoms with van der Waals surface area (Å²) in [5.41, 5.74) is 2.07. The number of hydrogen-bond acceptors (Lipinski definition) is 4. The van der Waals surface area contributed by atoms with Crippen LogP contribution in [0.1, 0.15) is 31.3 Å². The zero-order valence-corrected chi connectivity index (χ0v) is 10.6. The van der Waals surface area contributed by atoms with Gasteiger partial charge >= 0.3 is 0 Å². The molecule has 0 fully saturated rings. The molecular formula is C13H15N3O2. The van der Waals surface area contributed by atoms with E-state index in [9.17, 15) is 4.79 Å². The van der Waals surface area contributed by atoms with Crippen LogP contribution in [0.4, 0.5) is 0 Å². The largest absolute Gasteiger partial charge is 0.345 e. The quantitative estimate of drug-likeness (QED) is 0.900. The topological polar surface area (TPSA) is 68.0 Å². The van der Waals surface area contributed by atoms with Gasteiger partial charge in [0.2, 0.25) is 17.6 Å². The van der Waals surface area contributed by atoms with Gasteiger partial charge in [-0.1, -0.05) is 35.0 Å². The van der Waals surface area contributed by atoms with E-state index in [2.05, 4.69) is 15.5 Å². The van der Waals surface area contributed by atoms with Crippen molar-refractivity contribution in [3.63, 3.8) is 0 Å². The molecule has 2 rings (SSSR count). The second-order valence-corrected chi connectivity index (χ2v) is 4.24. The average molecular weight is 245 g/mol. The monoisotopic (exact) mass is 245 g/mol. The van der Waals surface area contributed by atoms with E-state index in [1.165, 1.54) is 12.5 Å². The Morgan fingerprint density at radius 2 is 2.00 bits per heavy atom. The molecule has 5 nitrogen and oxygen atoms in total. The molecule has 0 aliphatic heterocycles. The van der Waals surface area contributed by atoms with E-state index in [-0.39, 0.29) is 11.9 Å². The first-order valence-corrected chi connectivity index (χ1v) is 5.74. The predicted octanol–water partition coefficient (Wildman–Crippen LogP) is 2.24. The first-order valence-electron chi connectivity index (χ1n) is 5.74. The smallest absolute Gasteiger partial charge is 0.249 e. The first-order chi connectivity index (χ1) is 8.56. The number of hydrogen-bond donors (Lipinski definition) is 1. The van der Waals surface area contributed by atoms with Crippen LogP contribution in [-0.2, 0) is 4.79 Å². The number of carbonyl (C=O) groups is 1. The van der Waals surface area contributed by atoms with Crippen LogP contribution in [0, 0.1) is 6.92 Å². The van der Waals surface area contributed by atoms with E-state index in [0.717, 1.165) is 5.56 Å². The molecule has 0 aliphatic rings. The van der Waals surface area contributed by atoms with Gasteiger partial charge < -0.3 is 9.84 Å². The Balaban J connectivity index is 2.19. The van der Waals surface area contributed by atoms with Crippen molar-refractivity contribution in [2.75, 3.05) is 0 Å². The van der Waals surface area contributed by atoms with Gasteiger partial charge in [0.05, 0.1) is 0 Å². The molecule has 1 aromatic carbocycles. The van der Waals surface area contributed by atoms with Gasteiger partial charge in [0.1, 0.15) is 6.04 Å². The number of aromatic nitrogens is 2. The third-order valence-electron chi connectivity index (χ3n) is 2.54. The average Bonchev–Trinajstić information content (AvgIpc) is 2.78. The molecule has 0 spiro atoms. The minimum Gasteiger partial charge on any atom is -0.345 e. The standard InChI is InChI=1S/C13H15N3O2/c1-8-4-6-11(7-5-8)12-15-13(18-16-12)9(2)14-10(3)17/h4-7,9H,1-3H3,(H,14,17)/t9-/m1/s1. The summed E-state index contributed by atoms with van der Waals surface area (Å²) in [5, 5.41) is 6.60. The Labute approximate surface area is 105 Å². The molecule has 0 saturated heterocycles. The van der Waals surface area contributed by atoms with Gasteiger partial charge in [-0.25, -0.2) is 0 Å². The van der Waals surface area contributed by atoms with Crippen LogP contribution in [0.2, 0.25) is 0 Å². The molecular weight excluding hydrogens is 230 g/mol. The first kappa shape index (κ1) is 12.3. The fourth-order valence-corrected chi connectivity index (χ4v) is 1.60. The van der Waals surface area contributed by atoms with Crippen LogP contribution in [0.15, 0.2) is 28.8 Å². The highest BCUT2D eigenvalue weighted by atomic mass is 16.5. The lowest BCUT2D eigenvalue weighted by atomic mass is 10.1. The van der Waals surface area contributed by atoms with Crippen LogP contribution < -0.4 is 5.32 Å². The minimum absolute atomic E-state index is 0.127. The van der Waals surface area contributed by atoms with E-state index < -0.39 is 0 Å². The van der Waals surface area contributed by atoms with Crippen molar-refractivity contribution < 1.29 is 9.32 Å². The predicted molar refractivity (Wildman–Crippen MR) is 66.7 cm³/mol. The molecule has 94 valence electrons. The molecule has 0 bridgehead atoms. The molecule has 0 radical (unpaired) electrons. The summed E-state index contributed by atoms with van der Waals surface area (Å²) >= 11 is 0. The number of aryl methyl sites for hydroxylation is 1. The van der Waals surface area contributed by atoms with Crippen LogP contribution in [-0.4, -0.2) is 16.0 Å². The highest BCUT2D eigenvalue weighted by Crippen LogP contribution is 2.18. The van der Waals surface area contributed by atoms with Gasteiger partial charge in [0, 0.05) is 12.5 Å². The number of benzene rings is 1. The molecule has 1 aromatic heterocycles. The number of carbonyl (C=O) groups excluding carboxylic acids is 1. The molecule has 1 N–H and O–H groups in total. The van der Waals surface area contributed by atoms with E-state index in [1.54, 1.807) is 6.92 Å². The fraction of sp³-hybridized carbons (Fsp3) is 0.308. The molecule has 1 atom stereocenters. The van der Waals surface area contributed by atoms with Gasteiger partial charge in [-0.15, -0.1) is 0 Å². The zero-order valence-electron chi connectivity index (χ0n) is 10.6. The summed E-state index contributed by atoms with van der Waals surface area (Å²) in [4.78, 5) is 15.2. The molecule has 1 heterocycles. The molecule has 0 unspecified atom stereocenters. The maximum absolute atomic E-state index is 10.9. The summed E-state index contributed by atoms with van der Waals surface area (Å²) in [6.07, 6.45) is 0. The van der Waals surface area contributed by atoms with Gasteiger partial charge in [-0.05, 0) is 13.8 Å². The van der Waals surface area contributed by atoms with Crippen molar-refractivity contribution in [3.05, 3.63) is 35.7 Å². The summed E-state index contributed by atoms with van der Waals surface area (Å²) in [6, 6.07) is 7.57. The second kappa shape index (κ2) is 5.00. The summed E-state index contributed by atoms with van der Waals surface area (Å²) in [7, 11) is 0. The van der Waals surface area contributed by atoms with Crippen molar-refractivity contribution >= 4 is 5.91 Å². The molecule has 0 aliphatic carbocycles. The van der Waals surface area contributed by atoms with Crippen LogP contribution in [0.3, 0.4) is 0 Å². The molecule has 2 aromatic rings. The number of nitrogens with one attached hydrogen (secondary N) is 1. The Hall–Kier alpha value is -2.17. The number of nitrogens with zero attached hydrogens (tertiary/aromatic N) is 2. The summed E-state index contributed by atoms with van der Waals surface area (Å²) in [5.74, 6) is 0.806. The Kier molecular flexibility index (Phi) is 3.41. The van der Waals surface area contributed by atoms with Gasteiger partial charge in [-0.2, -0.15) is 4.98 Å². The van der Waals surface area contributed by atoms with Gasteiger partial charge in [-0.3, -0.25) is 4.79 Å². The maximum Gasteiger partial charge on any atom is 0.249 e. The van der Waals surface area contributed by atoms with Crippen LogP contribution in [0.25, 0.3) is 11.4 Å². The van der Waals surface area contributed by atoms with E-state index >= 15 is 0 Å². The fourth-order valence-electron chi connectivity index (χ4n) is 1.60. The maximum atomic E-state index is 10.9. The molecule has 1 amide bonds. The Morgan fingerprint density at radius 1 is 1.33 bits per heavy atom. The van der Waals surface area contributed by atoms with Gasteiger partial charge in [0.25, 0.3) is 0 Å². The lowest BCUT2D eigenvalue weighted by molar-refractivity contribution is -0.119. The highest BCUT2D eigenvalue weighted by Gasteiger charge is 2.15. The number of rotatable bonds is 3. The lowest BCUT2D eigenvalue weighted by Crippen LogP contribution is -2.23. The number of amides is 1. The second-order valence-electron chi connectivity index (χ2n) is 4.24. The minimum atomic E-state index is -0.283. The van der Waals surface area contributed by atoms with E-state index in [1.807, 2.05) is 31.2 Å². The summed E-state index contributed by atoms with van der Waals surface area (Å²) in [6.45, 7) is 5.27. The highest BCUT2D eigenvalue weighted by molar-refractivity contribution is 5.73. The zero-order chi connectivity index (χ0) is 13.1. The van der Waals surface area contributed by atoms with Gasteiger partial charge in [0.15, 0.2) is 0 Å². The SMILES string of the molecule is CC(=O)N[C@H](C)c1nc(-c2ccc(C)cc2)no1. The van der Waals surface area contributed by atoms with Crippen molar-refractivity contribution in [2.24, 2.45) is 0 Å². The molecule has 18 heavy (non-hydrogen) atoms. The van der Waals surface area contributed by atoms with E-state index in [0.29, 0.717) is 11.7 Å². The third-order valence-corrected chi connectivity index (χ3v) is 2.54. The molecule has 5 heteroatoms. The van der Waals surface area contributed by atoms with Crippen molar-refractivity contribution in [3.8, 4) is 11.4 Å². The Bertz CT molecular complexity index is 546. The van der Waals surface area contributed by atoms with Crippen molar-refractivity contribution in [1.29, 1.82) is 0 Å². The van der Waals surface area contributed by atoms with Crippen LogP contribution in [0.5, 0.6) is 0 Å².